The number of rotatable bonds is 4. The summed E-state index contributed by atoms with van der Waals surface area (Å²) in [5.74, 6) is 0.597. The number of carbonyl (C=O) groups excluding carboxylic acids is 1. The Morgan fingerprint density at radius 3 is 2.97 bits per heavy atom. The second-order valence-corrected chi connectivity index (χ2v) is 9.32. The zero-order valence-electron chi connectivity index (χ0n) is 18.0. The van der Waals surface area contributed by atoms with Crippen LogP contribution in [0.2, 0.25) is 0 Å². The predicted molar refractivity (Wildman–Crippen MR) is 123 cm³/mol. The van der Waals surface area contributed by atoms with Gasteiger partial charge in [-0.1, -0.05) is 35.0 Å². The molecule has 164 valence electrons. The van der Waals surface area contributed by atoms with Gasteiger partial charge in [-0.3, -0.25) is 9.59 Å². The van der Waals surface area contributed by atoms with Gasteiger partial charge >= 0.3 is 0 Å². The number of fused-ring (bicyclic) bond motifs is 1. The van der Waals surface area contributed by atoms with Crippen molar-refractivity contribution in [2.45, 2.75) is 39.2 Å². The van der Waals surface area contributed by atoms with Gasteiger partial charge in [-0.05, 0) is 49.3 Å². The first-order chi connectivity index (χ1) is 15.5. The van der Waals surface area contributed by atoms with E-state index in [1.165, 1.54) is 16.9 Å². The highest BCUT2D eigenvalue weighted by Gasteiger charge is 2.28. The molecule has 1 saturated heterocycles. The van der Waals surface area contributed by atoms with Crippen molar-refractivity contribution in [2.75, 3.05) is 13.1 Å². The number of nitrogens with zero attached hydrogens (tertiary/aromatic N) is 5. The van der Waals surface area contributed by atoms with Crippen molar-refractivity contribution < 1.29 is 4.79 Å². The number of benzene rings is 1. The van der Waals surface area contributed by atoms with Crippen LogP contribution in [-0.4, -0.2) is 48.9 Å². The van der Waals surface area contributed by atoms with Crippen LogP contribution >= 0.6 is 11.3 Å². The molecule has 0 unspecified atom stereocenters. The van der Waals surface area contributed by atoms with Gasteiger partial charge in [-0.2, -0.15) is 0 Å². The summed E-state index contributed by atoms with van der Waals surface area (Å²) in [5.41, 5.74) is 3.86. The van der Waals surface area contributed by atoms with E-state index in [2.05, 4.69) is 47.3 Å². The molecule has 0 saturated carbocycles. The zero-order chi connectivity index (χ0) is 22.2. The Hall–Kier alpha value is -3.33. The number of aryl methyl sites for hydroxylation is 2. The molecular weight excluding hydrogens is 424 g/mol. The molecule has 8 nitrogen and oxygen atoms in total. The largest absolute Gasteiger partial charge is 0.337 e. The third-order valence-electron chi connectivity index (χ3n) is 6.04. The molecule has 9 heteroatoms. The van der Waals surface area contributed by atoms with Crippen LogP contribution in [0.3, 0.4) is 0 Å². The maximum atomic E-state index is 12.8. The Kier molecular flexibility index (Phi) is 5.34. The van der Waals surface area contributed by atoms with Crippen molar-refractivity contribution >= 4 is 28.4 Å². The topological polar surface area (TPSA) is 96.8 Å². The Morgan fingerprint density at radius 1 is 1.28 bits per heavy atom. The molecule has 0 aliphatic carbocycles. The maximum absolute atomic E-state index is 12.8. The van der Waals surface area contributed by atoms with Crippen LogP contribution in [0.5, 0.6) is 0 Å². The molecule has 1 fully saturated rings. The number of H-pyrrole nitrogens is 1. The number of aromatic nitrogens is 5. The lowest BCUT2D eigenvalue weighted by atomic mass is 9.97. The van der Waals surface area contributed by atoms with Gasteiger partial charge in [-0.15, -0.1) is 16.4 Å². The monoisotopic (exact) mass is 448 g/mol. The Balaban J connectivity index is 1.46. The lowest BCUT2D eigenvalue weighted by molar-refractivity contribution is 0.0709. The number of likely N-dealkylation sites (tertiary alicyclic amines) is 1. The van der Waals surface area contributed by atoms with Crippen LogP contribution in [-0.2, 0) is 6.54 Å². The summed E-state index contributed by atoms with van der Waals surface area (Å²) < 4.78 is 1.69. The minimum Gasteiger partial charge on any atom is -0.337 e. The van der Waals surface area contributed by atoms with Crippen LogP contribution in [0.1, 0.15) is 50.9 Å². The second-order valence-electron chi connectivity index (χ2n) is 8.37. The summed E-state index contributed by atoms with van der Waals surface area (Å²) in [6, 6.07) is 10.0. The number of hydrogen-bond donors (Lipinski definition) is 1. The smallest absolute Gasteiger partial charge is 0.281 e. The van der Waals surface area contributed by atoms with Crippen LogP contribution in [0.4, 0.5) is 0 Å². The highest BCUT2D eigenvalue weighted by molar-refractivity contribution is 7.12. The first-order valence-corrected chi connectivity index (χ1v) is 11.6. The summed E-state index contributed by atoms with van der Waals surface area (Å²) in [7, 11) is 0. The van der Waals surface area contributed by atoms with E-state index in [0.29, 0.717) is 31.1 Å². The molecule has 4 aromatic rings. The molecule has 0 bridgehead atoms. The molecule has 3 aromatic heterocycles. The van der Waals surface area contributed by atoms with Crippen LogP contribution in [0, 0.1) is 13.8 Å². The van der Waals surface area contributed by atoms with E-state index < -0.39 is 0 Å². The number of aromatic amines is 1. The number of amides is 1. The van der Waals surface area contributed by atoms with Crippen molar-refractivity contribution in [3.63, 3.8) is 0 Å². The number of hydrogen-bond acceptors (Lipinski definition) is 6. The van der Waals surface area contributed by atoms with E-state index in [1.54, 1.807) is 4.68 Å². The van der Waals surface area contributed by atoms with E-state index in [0.717, 1.165) is 28.8 Å². The fourth-order valence-electron chi connectivity index (χ4n) is 4.26. The maximum Gasteiger partial charge on any atom is 0.281 e. The molecule has 1 aliphatic heterocycles. The average Bonchev–Trinajstić information content (AvgIpc) is 3.47. The van der Waals surface area contributed by atoms with Crippen molar-refractivity contribution in [1.29, 1.82) is 0 Å². The minimum absolute atomic E-state index is 0.0335. The van der Waals surface area contributed by atoms with Gasteiger partial charge in [-0.25, -0.2) is 9.67 Å². The van der Waals surface area contributed by atoms with Crippen molar-refractivity contribution in [3.8, 4) is 0 Å². The molecule has 5 rings (SSSR count). The van der Waals surface area contributed by atoms with Crippen LogP contribution in [0.25, 0.3) is 11.2 Å². The van der Waals surface area contributed by atoms with Gasteiger partial charge < -0.3 is 9.88 Å². The van der Waals surface area contributed by atoms with Gasteiger partial charge in [0.25, 0.3) is 11.5 Å². The highest BCUT2D eigenvalue weighted by Crippen LogP contribution is 2.26. The number of nitrogens with one attached hydrogen (secondary N) is 1. The summed E-state index contributed by atoms with van der Waals surface area (Å²) in [5, 5.41) is 10.2. The normalized spacial score (nSPS) is 16.6. The predicted octanol–water partition coefficient (Wildman–Crippen LogP) is 3.26. The van der Waals surface area contributed by atoms with Gasteiger partial charge in [0.05, 0.1) is 11.4 Å². The molecule has 4 heterocycles. The lowest BCUT2D eigenvalue weighted by Crippen LogP contribution is -2.39. The lowest BCUT2D eigenvalue weighted by Gasteiger charge is -2.31. The van der Waals surface area contributed by atoms with E-state index in [1.807, 2.05) is 22.4 Å². The summed E-state index contributed by atoms with van der Waals surface area (Å²) in [6.07, 6.45) is 1.73. The van der Waals surface area contributed by atoms with Gasteiger partial charge in [0.2, 0.25) is 0 Å². The molecule has 0 spiro atoms. The van der Waals surface area contributed by atoms with E-state index >= 15 is 0 Å². The number of carbonyl (C=O) groups is 1. The summed E-state index contributed by atoms with van der Waals surface area (Å²) in [6.45, 7) is 5.85. The first-order valence-electron chi connectivity index (χ1n) is 10.7. The number of thiophene rings is 1. The molecular formula is C23H24N6O2S. The zero-order valence-corrected chi connectivity index (χ0v) is 18.9. The van der Waals surface area contributed by atoms with Gasteiger partial charge in [0.1, 0.15) is 5.82 Å². The fourth-order valence-corrected chi connectivity index (χ4v) is 4.95. The number of piperidine rings is 1. The second kappa shape index (κ2) is 8.31. The highest BCUT2D eigenvalue weighted by atomic mass is 32.1. The molecule has 1 atom stereocenters. The quantitative estimate of drug-likeness (QED) is 0.517. The van der Waals surface area contributed by atoms with E-state index in [-0.39, 0.29) is 22.9 Å². The van der Waals surface area contributed by atoms with Crippen LogP contribution < -0.4 is 5.56 Å². The molecule has 1 amide bonds. The SMILES string of the molecule is Cc1ccc(C)c(Cn2nnc3c(=O)[nH]c([C@@H]4CCCN(C(=O)c5cccs5)C4)nc32)c1. The van der Waals surface area contributed by atoms with E-state index in [9.17, 15) is 9.59 Å². The van der Waals surface area contributed by atoms with E-state index in [4.69, 9.17) is 4.98 Å². The summed E-state index contributed by atoms with van der Waals surface area (Å²) in [4.78, 5) is 35.8. The Bertz CT molecular complexity index is 1340. The third-order valence-corrected chi connectivity index (χ3v) is 6.90. The van der Waals surface area contributed by atoms with Crippen molar-refractivity contribution in [1.82, 2.24) is 29.9 Å². The standard InChI is InChI=1S/C23H24N6O2S/c1-14-7-8-15(2)17(11-14)13-29-21-19(26-27-29)22(30)25-20(24-21)16-5-3-9-28(12-16)23(31)18-6-4-10-32-18/h4,6-8,10-11,16H,3,5,9,12-13H2,1-2H3,(H,24,25,30)/t16-/m1/s1. The molecule has 1 N–H and O–H groups in total. The van der Waals surface area contributed by atoms with Crippen molar-refractivity contribution in [3.05, 3.63) is 73.5 Å². The van der Waals surface area contributed by atoms with Crippen molar-refractivity contribution in [2.24, 2.45) is 0 Å². The van der Waals surface area contributed by atoms with Crippen LogP contribution in [0.15, 0.2) is 40.5 Å². The average molecular weight is 449 g/mol. The minimum atomic E-state index is -0.293. The molecule has 1 aliphatic rings. The van der Waals surface area contributed by atoms with Gasteiger partial charge in [0, 0.05) is 19.0 Å². The molecule has 0 radical (unpaired) electrons. The summed E-state index contributed by atoms with van der Waals surface area (Å²) >= 11 is 1.45. The Morgan fingerprint density at radius 2 is 2.16 bits per heavy atom. The first kappa shape index (κ1) is 20.6. The Labute approximate surface area is 188 Å². The third kappa shape index (κ3) is 3.84. The van der Waals surface area contributed by atoms with Gasteiger partial charge in [0.15, 0.2) is 11.2 Å². The molecule has 32 heavy (non-hydrogen) atoms. The molecule has 1 aromatic carbocycles. The fraction of sp³-hybridized carbons (Fsp3) is 0.348.